The second kappa shape index (κ2) is 6.12. The van der Waals surface area contributed by atoms with Crippen LogP contribution in [0, 0.1) is 6.92 Å². The van der Waals surface area contributed by atoms with Crippen LogP contribution in [-0.4, -0.2) is 20.3 Å². The van der Waals surface area contributed by atoms with E-state index in [0.29, 0.717) is 5.69 Å². The zero-order valence-electron chi connectivity index (χ0n) is 13.5. The Kier molecular flexibility index (Phi) is 4.02. The molecule has 1 aromatic carbocycles. The van der Waals surface area contributed by atoms with E-state index in [1.165, 1.54) is 0 Å². The Bertz CT molecular complexity index is 817. The van der Waals surface area contributed by atoms with Crippen LogP contribution in [0.1, 0.15) is 34.7 Å². The highest BCUT2D eigenvalue weighted by atomic mass is 16.2. The third-order valence-corrected chi connectivity index (χ3v) is 3.86. The molecule has 3 aromatic rings. The van der Waals surface area contributed by atoms with Crippen molar-refractivity contribution in [2.75, 3.05) is 0 Å². The van der Waals surface area contributed by atoms with Crippen molar-refractivity contribution < 1.29 is 4.79 Å². The summed E-state index contributed by atoms with van der Waals surface area (Å²) in [5.74, 6) is -0.119. The molecule has 1 N–H and O–H groups in total. The average molecular weight is 308 g/mol. The van der Waals surface area contributed by atoms with Crippen molar-refractivity contribution in [2.45, 2.75) is 19.9 Å². The number of rotatable bonds is 4. The van der Waals surface area contributed by atoms with Gasteiger partial charge in [-0.3, -0.25) is 9.48 Å². The van der Waals surface area contributed by atoms with E-state index in [9.17, 15) is 4.79 Å². The number of aryl methyl sites for hydroxylation is 2. The van der Waals surface area contributed by atoms with E-state index < -0.39 is 0 Å². The highest BCUT2D eigenvalue weighted by Gasteiger charge is 2.15. The molecular formula is C18H20N4O. The molecule has 5 nitrogen and oxygen atoms in total. The average Bonchev–Trinajstić information content (AvgIpc) is 3.17. The van der Waals surface area contributed by atoms with E-state index in [0.717, 1.165) is 16.9 Å². The standard InChI is InChI=1S/C18H20N4O/c1-13-11-17(21(3)20-13)18(23)19-14(2)15-7-6-8-16(12-15)22-9-4-5-10-22/h4-12,14H,1-3H3,(H,19,23). The van der Waals surface area contributed by atoms with Crippen LogP contribution in [0.5, 0.6) is 0 Å². The Hall–Kier alpha value is -2.82. The van der Waals surface area contributed by atoms with E-state index in [1.54, 1.807) is 17.8 Å². The fourth-order valence-electron chi connectivity index (χ4n) is 2.64. The lowest BCUT2D eigenvalue weighted by Gasteiger charge is -2.15. The fourth-order valence-corrected chi connectivity index (χ4v) is 2.64. The summed E-state index contributed by atoms with van der Waals surface area (Å²) in [6.07, 6.45) is 4.00. The molecule has 0 saturated carbocycles. The zero-order chi connectivity index (χ0) is 16.4. The van der Waals surface area contributed by atoms with Gasteiger partial charge >= 0.3 is 0 Å². The largest absolute Gasteiger partial charge is 0.344 e. The highest BCUT2D eigenvalue weighted by molar-refractivity contribution is 5.92. The molecule has 0 aliphatic heterocycles. The van der Waals surface area contributed by atoms with Crippen LogP contribution in [-0.2, 0) is 7.05 Å². The van der Waals surface area contributed by atoms with Gasteiger partial charge in [-0.15, -0.1) is 0 Å². The predicted molar refractivity (Wildman–Crippen MR) is 89.6 cm³/mol. The summed E-state index contributed by atoms with van der Waals surface area (Å²) in [6, 6.07) is 13.8. The molecule has 1 amide bonds. The third-order valence-electron chi connectivity index (χ3n) is 3.86. The van der Waals surface area contributed by atoms with Gasteiger partial charge in [0.2, 0.25) is 0 Å². The second-order valence-corrected chi connectivity index (χ2v) is 5.68. The summed E-state index contributed by atoms with van der Waals surface area (Å²) in [6.45, 7) is 3.86. The molecule has 2 aromatic heterocycles. The monoisotopic (exact) mass is 308 g/mol. The number of nitrogens with zero attached hydrogens (tertiary/aromatic N) is 3. The topological polar surface area (TPSA) is 51.9 Å². The van der Waals surface area contributed by atoms with E-state index in [-0.39, 0.29) is 11.9 Å². The van der Waals surface area contributed by atoms with Crippen molar-refractivity contribution in [1.29, 1.82) is 0 Å². The van der Waals surface area contributed by atoms with Crippen LogP contribution >= 0.6 is 0 Å². The van der Waals surface area contributed by atoms with Crippen molar-refractivity contribution in [1.82, 2.24) is 19.7 Å². The predicted octanol–water partition coefficient (Wildman–Crippen LogP) is 3.01. The Morgan fingerprint density at radius 3 is 2.57 bits per heavy atom. The molecule has 0 bridgehead atoms. The van der Waals surface area contributed by atoms with Crippen molar-refractivity contribution in [2.24, 2.45) is 7.05 Å². The molecule has 118 valence electrons. The first-order chi connectivity index (χ1) is 11.0. The number of amides is 1. The summed E-state index contributed by atoms with van der Waals surface area (Å²) in [5, 5.41) is 7.24. The molecule has 1 unspecified atom stereocenters. The first-order valence-electron chi connectivity index (χ1n) is 7.59. The smallest absolute Gasteiger partial charge is 0.270 e. The summed E-state index contributed by atoms with van der Waals surface area (Å²) in [7, 11) is 1.78. The van der Waals surface area contributed by atoms with Crippen LogP contribution in [0.3, 0.4) is 0 Å². The number of benzene rings is 1. The molecule has 0 aliphatic carbocycles. The Balaban J connectivity index is 1.78. The quantitative estimate of drug-likeness (QED) is 0.805. The minimum Gasteiger partial charge on any atom is -0.344 e. The van der Waals surface area contributed by atoms with Crippen LogP contribution in [0.4, 0.5) is 0 Å². The minimum atomic E-state index is -0.119. The lowest BCUT2D eigenvalue weighted by Crippen LogP contribution is -2.28. The molecule has 0 aliphatic rings. The number of hydrogen-bond donors (Lipinski definition) is 1. The van der Waals surface area contributed by atoms with Gasteiger partial charge in [0.05, 0.1) is 11.7 Å². The third kappa shape index (κ3) is 3.18. The van der Waals surface area contributed by atoms with E-state index in [2.05, 4.69) is 16.5 Å². The van der Waals surface area contributed by atoms with Gasteiger partial charge in [0.1, 0.15) is 5.69 Å². The SMILES string of the molecule is Cc1cc(C(=O)NC(C)c2cccc(-n3cccc3)c2)n(C)n1. The first kappa shape index (κ1) is 15.1. The molecule has 0 radical (unpaired) electrons. The lowest BCUT2D eigenvalue weighted by atomic mass is 10.1. The maximum atomic E-state index is 12.4. The Labute approximate surface area is 135 Å². The number of carbonyl (C=O) groups is 1. The summed E-state index contributed by atoms with van der Waals surface area (Å²) in [4.78, 5) is 12.4. The second-order valence-electron chi connectivity index (χ2n) is 5.68. The Morgan fingerprint density at radius 1 is 1.17 bits per heavy atom. The van der Waals surface area contributed by atoms with E-state index in [1.807, 2.05) is 61.1 Å². The number of carbonyl (C=O) groups excluding carboxylic acids is 1. The molecule has 0 spiro atoms. The van der Waals surface area contributed by atoms with Crippen LogP contribution in [0.15, 0.2) is 54.9 Å². The zero-order valence-corrected chi connectivity index (χ0v) is 13.5. The summed E-state index contributed by atoms with van der Waals surface area (Å²) >= 11 is 0. The normalized spacial score (nSPS) is 12.1. The van der Waals surface area contributed by atoms with Crippen molar-refractivity contribution in [3.8, 4) is 5.69 Å². The molecular weight excluding hydrogens is 288 g/mol. The molecule has 5 heteroatoms. The first-order valence-corrected chi connectivity index (χ1v) is 7.59. The number of nitrogens with one attached hydrogen (secondary N) is 1. The number of aromatic nitrogens is 3. The molecule has 1 atom stereocenters. The van der Waals surface area contributed by atoms with Gasteiger partial charge in [0.15, 0.2) is 0 Å². The van der Waals surface area contributed by atoms with Gasteiger partial charge in [-0.25, -0.2) is 0 Å². The Morgan fingerprint density at radius 2 is 1.91 bits per heavy atom. The van der Waals surface area contributed by atoms with Gasteiger partial charge in [-0.2, -0.15) is 5.10 Å². The van der Waals surface area contributed by atoms with Crippen LogP contribution < -0.4 is 5.32 Å². The van der Waals surface area contributed by atoms with Crippen LogP contribution in [0.25, 0.3) is 5.69 Å². The van der Waals surface area contributed by atoms with Gasteiger partial charge in [-0.05, 0) is 49.7 Å². The van der Waals surface area contributed by atoms with Gasteiger partial charge < -0.3 is 9.88 Å². The van der Waals surface area contributed by atoms with Crippen molar-refractivity contribution >= 4 is 5.91 Å². The highest BCUT2D eigenvalue weighted by Crippen LogP contribution is 2.18. The lowest BCUT2D eigenvalue weighted by molar-refractivity contribution is 0.0930. The van der Waals surface area contributed by atoms with Gasteiger partial charge in [0.25, 0.3) is 5.91 Å². The van der Waals surface area contributed by atoms with Crippen molar-refractivity contribution in [3.63, 3.8) is 0 Å². The van der Waals surface area contributed by atoms with Crippen molar-refractivity contribution in [3.05, 3.63) is 71.8 Å². The maximum absolute atomic E-state index is 12.4. The maximum Gasteiger partial charge on any atom is 0.270 e. The summed E-state index contributed by atoms with van der Waals surface area (Å²) < 4.78 is 3.65. The molecule has 2 heterocycles. The molecule has 23 heavy (non-hydrogen) atoms. The van der Waals surface area contributed by atoms with Gasteiger partial charge in [0, 0.05) is 25.1 Å². The van der Waals surface area contributed by atoms with Gasteiger partial charge in [-0.1, -0.05) is 12.1 Å². The fraction of sp³-hybridized carbons (Fsp3) is 0.222. The molecule has 3 rings (SSSR count). The number of hydrogen-bond acceptors (Lipinski definition) is 2. The minimum absolute atomic E-state index is 0.0896. The van der Waals surface area contributed by atoms with Crippen LogP contribution in [0.2, 0.25) is 0 Å². The van der Waals surface area contributed by atoms with E-state index in [4.69, 9.17) is 0 Å². The van der Waals surface area contributed by atoms with E-state index >= 15 is 0 Å². The summed E-state index contributed by atoms with van der Waals surface area (Å²) in [5.41, 5.74) is 3.53. The molecule has 0 fully saturated rings. The molecule has 0 saturated heterocycles.